The fourth-order valence-corrected chi connectivity index (χ4v) is 5.60. The zero-order valence-corrected chi connectivity index (χ0v) is 18.9. The number of nitrogens with one attached hydrogen (secondary N) is 1. The van der Waals surface area contributed by atoms with Crippen molar-refractivity contribution in [1.29, 1.82) is 0 Å². The molecule has 5 rings (SSSR count). The number of rotatable bonds is 4. The van der Waals surface area contributed by atoms with Crippen LogP contribution in [0.1, 0.15) is 40.9 Å². The molecule has 1 amide bonds. The van der Waals surface area contributed by atoms with Crippen LogP contribution in [0.15, 0.2) is 36.4 Å². The molecule has 31 heavy (non-hydrogen) atoms. The number of benzene rings is 2. The Bertz CT molecular complexity index is 1100. The Labute approximate surface area is 186 Å². The van der Waals surface area contributed by atoms with Crippen molar-refractivity contribution >= 4 is 32.6 Å². The van der Waals surface area contributed by atoms with Crippen LogP contribution in [0.2, 0.25) is 0 Å². The van der Waals surface area contributed by atoms with Crippen molar-refractivity contribution in [2.75, 3.05) is 44.2 Å². The number of para-hydroxylation sites is 1. The Balaban J connectivity index is 1.37. The number of hydrogen-bond acceptors (Lipinski definition) is 6. The molecule has 0 saturated carbocycles. The van der Waals surface area contributed by atoms with Crippen LogP contribution in [0.25, 0.3) is 10.2 Å². The number of aromatic nitrogens is 1. The number of likely N-dealkylation sites (N-methyl/N-ethyl adjacent to an activating group) is 1. The van der Waals surface area contributed by atoms with E-state index in [0.29, 0.717) is 6.61 Å². The Kier molecular flexibility index (Phi) is 5.54. The molecule has 2 aliphatic heterocycles. The number of thiazole rings is 1. The van der Waals surface area contributed by atoms with Gasteiger partial charge in [-0.05, 0) is 37.2 Å². The van der Waals surface area contributed by atoms with Crippen molar-refractivity contribution in [3.8, 4) is 5.75 Å². The molecule has 1 fully saturated rings. The summed E-state index contributed by atoms with van der Waals surface area (Å²) in [7, 11) is 0. The summed E-state index contributed by atoms with van der Waals surface area (Å²) in [5.74, 6) is 0.828. The summed E-state index contributed by atoms with van der Waals surface area (Å²) in [6.45, 7) is 10.1. The lowest BCUT2D eigenvalue weighted by molar-refractivity contribution is 0.0924. The largest absolute Gasteiger partial charge is 0.493 e. The van der Waals surface area contributed by atoms with Gasteiger partial charge in [0, 0.05) is 43.7 Å². The topological polar surface area (TPSA) is 57.7 Å². The zero-order valence-electron chi connectivity index (χ0n) is 18.1. The molecule has 1 N–H and O–H groups in total. The maximum atomic E-state index is 13.2. The average molecular weight is 437 g/mol. The number of amides is 1. The van der Waals surface area contributed by atoms with Crippen LogP contribution in [0, 0.1) is 6.92 Å². The molecule has 7 heteroatoms. The van der Waals surface area contributed by atoms with E-state index in [1.54, 1.807) is 11.3 Å². The molecule has 3 heterocycles. The van der Waals surface area contributed by atoms with Gasteiger partial charge in [-0.15, -0.1) is 0 Å². The number of fused-ring (bicyclic) bond motifs is 2. The molecule has 2 aromatic carbocycles. The van der Waals surface area contributed by atoms with E-state index in [2.05, 4.69) is 22.0 Å². The van der Waals surface area contributed by atoms with Gasteiger partial charge in [-0.1, -0.05) is 36.5 Å². The highest BCUT2D eigenvalue weighted by Crippen LogP contribution is 2.35. The van der Waals surface area contributed by atoms with Gasteiger partial charge >= 0.3 is 0 Å². The third kappa shape index (κ3) is 3.88. The summed E-state index contributed by atoms with van der Waals surface area (Å²) in [6, 6.07) is 11.8. The van der Waals surface area contributed by atoms with Crippen molar-refractivity contribution in [2.45, 2.75) is 26.3 Å². The van der Waals surface area contributed by atoms with E-state index in [1.807, 2.05) is 43.3 Å². The predicted octanol–water partition coefficient (Wildman–Crippen LogP) is 4.00. The van der Waals surface area contributed by atoms with E-state index in [1.165, 1.54) is 0 Å². The molecular weight excluding hydrogens is 408 g/mol. The quantitative estimate of drug-likeness (QED) is 0.670. The summed E-state index contributed by atoms with van der Waals surface area (Å²) in [6.07, 6.45) is 0.776. The molecule has 0 bridgehead atoms. The number of aryl methyl sites for hydroxylation is 1. The van der Waals surface area contributed by atoms with E-state index in [0.717, 1.165) is 76.9 Å². The number of hydrogen-bond donors (Lipinski definition) is 1. The van der Waals surface area contributed by atoms with E-state index in [-0.39, 0.29) is 11.9 Å². The number of carbonyl (C=O) groups excluding carboxylic acids is 1. The third-order valence-corrected chi connectivity index (χ3v) is 7.64. The Morgan fingerprint density at radius 1 is 1.19 bits per heavy atom. The highest BCUT2D eigenvalue weighted by molar-refractivity contribution is 7.22. The first-order valence-corrected chi connectivity index (χ1v) is 11.9. The van der Waals surface area contributed by atoms with Crippen molar-refractivity contribution in [1.82, 2.24) is 15.2 Å². The summed E-state index contributed by atoms with van der Waals surface area (Å²) >= 11 is 1.70. The fourth-order valence-electron chi connectivity index (χ4n) is 4.48. The molecule has 6 nitrogen and oxygen atoms in total. The first kappa shape index (κ1) is 20.3. The maximum Gasteiger partial charge on any atom is 0.252 e. The summed E-state index contributed by atoms with van der Waals surface area (Å²) in [4.78, 5) is 22.9. The lowest BCUT2D eigenvalue weighted by Crippen LogP contribution is -2.46. The van der Waals surface area contributed by atoms with Crippen LogP contribution in [-0.2, 0) is 0 Å². The van der Waals surface area contributed by atoms with Crippen molar-refractivity contribution < 1.29 is 9.53 Å². The molecule has 1 atom stereocenters. The Morgan fingerprint density at radius 3 is 2.81 bits per heavy atom. The van der Waals surface area contributed by atoms with Gasteiger partial charge in [0.25, 0.3) is 5.91 Å². The number of ether oxygens (including phenoxy) is 1. The van der Waals surface area contributed by atoms with Crippen LogP contribution in [-0.4, -0.2) is 55.1 Å². The smallest absolute Gasteiger partial charge is 0.252 e. The van der Waals surface area contributed by atoms with Crippen LogP contribution >= 0.6 is 11.3 Å². The molecular formula is C24H28N4O2S. The molecule has 0 unspecified atom stereocenters. The molecule has 1 aromatic heterocycles. The highest BCUT2D eigenvalue weighted by atomic mass is 32.1. The minimum atomic E-state index is -0.0346. The third-order valence-electron chi connectivity index (χ3n) is 6.39. The van der Waals surface area contributed by atoms with Gasteiger partial charge in [0.05, 0.1) is 22.9 Å². The van der Waals surface area contributed by atoms with Crippen LogP contribution in [0.3, 0.4) is 0 Å². The van der Waals surface area contributed by atoms with Gasteiger partial charge < -0.3 is 19.9 Å². The first-order valence-electron chi connectivity index (χ1n) is 11.0. The van der Waals surface area contributed by atoms with Crippen molar-refractivity contribution in [3.63, 3.8) is 0 Å². The second kappa shape index (κ2) is 8.48. The summed E-state index contributed by atoms with van der Waals surface area (Å²) in [5, 5.41) is 4.29. The van der Waals surface area contributed by atoms with E-state index in [4.69, 9.17) is 9.72 Å². The second-order valence-corrected chi connectivity index (χ2v) is 9.18. The van der Waals surface area contributed by atoms with Gasteiger partial charge in [-0.3, -0.25) is 4.79 Å². The normalized spacial score (nSPS) is 19.2. The van der Waals surface area contributed by atoms with E-state index < -0.39 is 0 Å². The van der Waals surface area contributed by atoms with Gasteiger partial charge in [0.15, 0.2) is 5.13 Å². The summed E-state index contributed by atoms with van der Waals surface area (Å²) < 4.78 is 6.84. The second-order valence-electron chi connectivity index (χ2n) is 8.21. The van der Waals surface area contributed by atoms with Crippen molar-refractivity contribution in [2.24, 2.45) is 0 Å². The number of anilines is 1. The monoisotopic (exact) mass is 436 g/mol. The average Bonchev–Trinajstić information content (AvgIpc) is 3.25. The number of nitrogens with zero attached hydrogens (tertiary/aromatic N) is 3. The zero-order chi connectivity index (χ0) is 21.4. The van der Waals surface area contributed by atoms with E-state index in [9.17, 15) is 4.79 Å². The lowest BCUT2D eigenvalue weighted by Gasteiger charge is -2.33. The number of piperazine rings is 1. The molecule has 3 aromatic rings. The van der Waals surface area contributed by atoms with Crippen LogP contribution in [0.5, 0.6) is 5.75 Å². The fraction of sp³-hybridized carbons (Fsp3) is 0.417. The Morgan fingerprint density at radius 2 is 2.00 bits per heavy atom. The SMILES string of the molecule is CCN1CCN(c2nc3ccc(C(=O)N[C@H]4CCOc5ccccc54)c(C)c3s2)CC1. The van der Waals surface area contributed by atoms with Gasteiger partial charge in [-0.25, -0.2) is 4.98 Å². The van der Waals surface area contributed by atoms with E-state index >= 15 is 0 Å². The summed E-state index contributed by atoms with van der Waals surface area (Å²) in [5.41, 5.74) is 3.75. The lowest BCUT2D eigenvalue weighted by atomic mass is 9.99. The standard InChI is InChI=1S/C24H28N4O2S/c1-3-27-11-13-28(14-12-27)24-26-20-9-8-17(16(2)22(20)31-24)23(29)25-19-10-15-30-21-7-5-4-6-18(19)21/h4-9,19H,3,10-15H2,1-2H3,(H,25,29)/t19-/m0/s1. The molecule has 1 saturated heterocycles. The maximum absolute atomic E-state index is 13.2. The van der Waals surface area contributed by atoms with Gasteiger partial charge in [-0.2, -0.15) is 0 Å². The molecule has 2 aliphatic rings. The number of carbonyl (C=O) groups is 1. The Hall–Kier alpha value is -2.64. The molecule has 0 spiro atoms. The molecule has 0 aliphatic carbocycles. The molecule has 162 valence electrons. The van der Waals surface area contributed by atoms with Gasteiger partial charge in [0.2, 0.25) is 0 Å². The van der Waals surface area contributed by atoms with Gasteiger partial charge in [0.1, 0.15) is 5.75 Å². The minimum absolute atomic E-state index is 0.0283. The first-order chi connectivity index (χ1) is 15.1. The van der Waals surface area contributed by atoms with Crippen LogP contribution < -0.4 is 15.0 Å². The molecule has 0 radical (unpaired) electrons. The minimum Gasteiger partial charge on any atom is -0.493 e. The predicted molar refractivity (Wildman–Crippen MR) is 125 cm³/mol. The highest BCUT2D eigenvalue weighted by Gasteiger charge is 2.25. The van der Waals surface area contributed by atoms with Crippen LogP contribution in [0.4, 0.5) is 5.13 Å². The van der Waals surface area contributed by atoms with Crippen molar-refractivity contribution in [3.05, 3.63) is 53.1 Å².